The fourth-order valence-corrected chi connectivity index (χ4v) is 3.02. The Kier molecular flexibility index (Phi) is 6.89. The topological polar surface area (TPSA) is 102 Å². The van der Waals surface area contributed by atoms with E-state index in [2.05, 4.69) is 31.9 Å². The number of rotatable bonds is 6. The lowest BCUT2D eigenvalue weighted by Gasteiger charge is -2.30. The zero-order valence-corrected chi connectivity index (χ0v) is 16.0. The van der Waals surface area contributed by atoms with Crippen molar-refractivity contribution in [2.75, 3.05) is 54.9 Å². The summed E-state index contributed by atoms with van der Waals surface area (Å²) in [4.78, 5) is 18.6. The van der Waals surface area contributed by atoms with Crippen LogP contribution in [0.5, 0.6) is 0 Å². The number of benzene rings is 1. The molecule has 1 fully saturated rings. The predicted molar refractivity (Wildman–Crippen MR) is 109 cm³/mol. The zero-order chi connectivity index (χ0) is 19.8. The molecule has 9 heteroatoms. The van der Waals surface area contributed by atoms with E-state index >= 15 is 0 Å². The first-order valence-corrected chi connectivity index (χ1v) is 9.31. The number of hydrogen-bond acceptors (Lipinski definition) is 6. The average molecular weight is 401 g/mol. The first-order chi connectivity index (χ1) is 13.7. The second-order valence-corrected chi connectivity index (χ2v) is 6.52. The Hall–Kier alpha value is -3.02. The van der Waals surface area contributed by atoms with Gasteiger partial charge in [-0.1, -0.05) is 11.6 Å². The van der Waals surface area contributed by atoms with Crippen LogP contribution in [-0.2, 0) is 4.74 Å². The number of anilines is 3. The van der Waals surface area contributed by atoms with Crippen molar-refractivity contribution in [3.8, 4) is 6.07 Å². The summed E-state index contributed by atoms with van der Waals surface area (Å²) in [5, 5.41) is 18.3. The number of aromatic nitrogens is 1. The van der Waals surface area contributed by atoms with E-state index in [1.807, 2.05) is 6.07 Å². The Balaban J connectivity index is 1.53. The van der Waals surface area contributed by atoms with Crippen molar-refractivity contribution >= 4 is 34.8 Å². The summed E-state index contributed by atoms with van der Waals surface area (Å²) < 4.78 is 5.38. The van der Waals surface area contributed by atoms with E-state index in [9.17, 15) is 4.79 Å². The van der Waals surface area contributed by atoms with Gasteiger partial charge in [0.1, 0.15) is 11.9 Å². The molecule has 0 bridgehead atoms. The van der Waals surface area contributed by atoms with Crippen LogP contribution >= 0.6 is 11.6 Å². The van der Waals surface area contributed by atoms with Gasteiger partial charge in [-0.25, -0.2) is 9.78 Å². The van der Waals surface area contributed by atoms with E-state index in [-0.39, 0.29) is 6.03 Å². The second-order valence-electron chi connectivity index (χ2n) is 6.08. The summed E-state index contributed by atoms with van der Waals surface area (Å²) >= 11 is 6.10. The molecule has 1 aromatic carbocycles. The summed E-state index contributed by atoms with van der Waals surface area (Å²) in [5.74, 6) is 0.497. The normalized spacial score (nSPS) is 13.5. The largest absolute Gasteiger partial charge is 0.378 e. The number of pyridine rings is 1. The van der Waals surface area contributed by atoms with Gasteiger partial charge in [-0.15, -0.1) is 0 Å². The number of nitrogens with one attached hydrogen (secondary N) is 3. The van der Waals surface area contributed by atoms with Crippen molar-refractivity contribution in [1.82, 2.24) is 10.3 Å². The highest BCUT2D eigenvalue weighted by atomic mass is 35.5. The fourth-order valence-electron chi connectivity index (χ4n) is 2.85. The van der Waals surface area contributed by atoms with Crippen LogP contribution in [0, 0.1) is 11.3 Å². The molecule has 8 nitrogen and oxygen atoms in total. The minimum atomic E-state index is -0.333. The van der Waals surface area contributed by atoms with Crippen molar-refractivity contribution in [2.24, 2.45) is 0 Å². The summed E-state index contributed by atoms with van der Waals surface area (Å²) in [6, 6.07) is 10.6. The molecule has 0 radical (unpaired) electrons. The predicted octanol–water partition coefficient (Wildman–Crippen LogP) is 2.68. The maximum atomic E-state index is 12.3. The average Bonchev–Trinajstić information content (AvgIpc) is 2.72. The minimum Gasteiger partial charge on any atom is -0.378 e. The molecule has 28 heavy (non-hydrogen) atoms. The number of amides is 2. The summed E-state index contributed by atoms with van der Waals surface area (Å²) in [6.45, 7) is 3.61. The number of hydrogen-bond donors (Lipinski definition) is 3. The molecule has 146 valence electrons. The van der Waals surface area contributed by atoms with Gasteiger partial charge in [-0.05, 0) is 30.3 Å². The second kappa shape index (κ2) is 9.78. The molecule has 0 spiro atoms. The highest BCUT2D eigenvalue weighted by Crippen LogP contribution is 2.29. The van der Waals surface area contributed by atoms with E-state index in [1.54, 1.807) is 30.5 Å². The molecule has 0 unspecified atom stereocenters. The molecule has 3 rings (SSSR count). The van der Waals surface area contributed by atoms with Crippen molar-refractivity contribution in [3.05, 3.63) is 47.1 Å². The maximum absolute atomic E-state index is 12.3. The lowest BCUT2D eigenvalue weighted by Crippen LogP contribution is -2.37. The molecular formula is C19H21ClN6O2. The SMILES string of the molecule is N#Cc1cccnc1NCCNC(=O)Nc1cc(Cl)ccc1N1CCOCC1. The molecular weight excluding hydrogens is 380 g/mol. The van der Waals surface area contributed by atoms with E-state index in [0.29, 0.717) is 48.4 Å². The standard InChI is InChI=1S/C19H21ClN6O2/c20-15-3-4-17(26-8-10-28-11-9-26)16(12-15)25-19(27)24-7-6-23-18-14(13-21)2-1-5-22-18/h1-5,12H,6-11H2,(H,22,23)(H2,24,25,27). The monoisotopic (exact) mass is 400 g/mol. The van der Waals surface area contributed by atoms with Gasteiger partial charge in [-0.2, -0.15) is 5.26 Å². The summed E-state index contributed by atoms with van der Waals surface area (Å²) in [5.41, 5.74) is 2.02. The molecule has 1 aromatic heterocycles. The quantitative estimate of drug-likeness (QED) is 0.644. The molecule has 0 atom stereocenters. The highest BCUT2D eigenvalue weighted by Gasteiger charge is 2.16. The third-order valence-corrected chi connectivity index (χ3v) is 4.42. The fraction of sp³-hybridized carbons (Fsp3) is 0.316. The van der Waals surface area contributed by atoms with Crippen LogP contribution in [0.1, 0.15) is 5.56 Å². The van der Waals surface area contributed by atoms with Crippen molar-refractivity contribution in [2.45, 2.75) is 0 Å². The van der Waals surface area contributed by atoms with Crippen molar-refractivity contribution < 1.29 is 9.53 Å². The highest BCUT2D eigenvalue weighted by molar-refractivity contribution is 6.31. The maximum Gasteiger partial charge on any atom is 0.319 e. The Morgan fingerprint density at radius 3 is 2.89 bits per heavy atom. The van der Waals surface area contributed by atoms with E-state index in [4.69, 9.17) is 21.6 Å². The third kappa shape index (κ3) is 5.25. The molecule has 0 aliphatic carbocycles. The van der Waals surface area contributed by atoms with E-state index < -0.39 is 0 Å². The number of ether oxygens (including phenoxy) is 1. The Morgan fingerprint density at radius 2 is 2.11 bits per heavy atom. The number of nitriles is 1. The summed E-state index contributed by atoms with van der Waals surface area (Å²) in [7, 11) is 0. The molecule has 2 heterocycles. The van der Waals surface area contributed by atoms with Crippen LogP contribution in [0.15, 0.2) is 36.5 Å². The van der Waals surface area contributed by atoms with Gasteiger partial charge < -0.3 is 25.6 Å². The third-order valence-electron chi connectivity index (χ3n) is 4.19. The molecule has 0 saturated carbocycles. The van der Waals surface area contributed by atoms with Gasteiger partial charge >= 0.3 is 6.03 Å². The number of halogens is 1. The van der Waals surface area contributed by atoms with Gasteiger partial charge in [-0.3, -0.25) is 0 Å². The molecule has 2 amide bonds. The number of carbonyl (C=O) groups is 1. The van der Waals surface area contributed by atoms with Crippen molar-refractivity contribution in [3.63, 3.8) is 0 Å². The Morgan fingerprint density at radius 1 is 1.29 bits per heavy atom. The first-order valence-electron chi connectivity index (χ1n) is 8.93. The van der Waals surface area contributed by atoms with Gasteiger partial charge in [0.05, 0.1) is 30.2 Å². The van der Waals surface area contributed by atoms with Crippen LogP contribution in [0.3, 0.4) is 0 Å². The van der Waals surface area contributed by atoms with Crippen LogP contribution in [0.4, 0.5) is 22.0 Å². The van der Waals surface area contributed by atoms with Crippen LogP contribution < -0.4 is 20.9 Å². The number of carbonyl (C=O) groups excluding carboxylic acids is 1. The lowest BCUT2D eigenvalue weighted by atomic mass is 10.2. The van der Waals surface area contributed by atoms with Gasteiger partial charge in [0.15, 0.2) is 0 Å². The molecule has 1 aliphatic heterocycles. The lowest BCUT2D eigenvalue weighted by molar-refractivity contribution is 0.123. The molecule has 1 saturated heterocycles. The van der Waals surface area contributed by atoms with E-state index in [1.165, 1.54) is 0 Å². The summed E-state index contributed by atoms with van der Waals surface area (Å²) in [6.07, 6.45) is 1.61. The van der Waals surface area contributed by atoms with Gasteiger partial charge in [0.2, 0.25) is 0 Å². The van der Waals surface area contributed by atoms with E-state index in [0.717, 1.165) is 18.8 Å². The van der Waals surface area contributed by atoms with Crippen LogP contribution in [0.25, 0.3) is 0 Å². The van der Waals surface area contributed by atoms with Gasteiger partial charge in [0.25, 0.3) is 0 Å². The number of nitrogens with zero attached hydrogens (tertiary/aromatic N) is 3. The van der Waals surface area contributed by atoms with Crippen molar-refractivity contribution in [1.29, 1.82) is 5.26 Å². The molecule has 2 aromatic rings. The molecule has 1 aliphatic rings. The Labute approximate surface area is 168 Å². The zero-order valence-electron chi connectivity index (χ0n) is 15.2. The van der Waals surface area contributed by atoms with Gasteiger partial charge in [0, 0.05) is 37.4 Å². The minimum absolute atomic E-state index is 0.333. The van der Waals surface area contributed by atoms with Crippen LogP contribution in [-0.4, -0.2) is 50.4 Å². The first kappa shape index (κ1) is 19.7. The number of urea groups is 1. The molecule has 3 N–H and O–H groups in total. The van der Waals surface area contributed by atoms with Crippen LogP contribution in [0.2, 0.25) is 5.02 Å². The Bertz CT molecular complexity index is 864. The number of morpholine rings is 1. The smallest absolute Gasteiger partial charge is 0.319 e.